The molecule has 0 N–H and O–H groups in total. The Morgan fingerprint density at radius 3 is 1.85 bits per heavy atom. The fraction of sp³-hybridized carbons (Fsp3) is 0.136. The summed E-state index contributed by atoms with van der Waals surface area (Å²) in [6.07, 6.45) is 1.83. The van der Waals surface area contributed by atoms with Crippen LogP contribution in [-0.4, -0.2) is 10.3 Å². The quantitative estimate of drug-likeness (QED) is 0.134. The zero-order valence-electron chi connectivity index (χ0n) is 35.7. The minimum absolute atomic E-state index is 0.0984. The van der Waals surface area contributed by atoms with Gasteiger partial charge in [-0.05, 0) is 123 Å². The molecular weight excluding hydrogens is 753 g/mol. The minimum Gasteiger partial charge on any atom is -0.454 e. The van der Waals surface area contributed by atoms with Crippen LogP contribution in [0.25, 0.3) is 87.4 Å². The zero-order valence-corrected chi connectivity index (χ0v) is 35.7. The molecule has 2 unspecified atom stereocenters. The number of furan rings is 1. The fourth-order valence-corrected chi connectivity index (χ4v) is 9.93. The molecule has 3 heteroatoms. The molecule has 0 radical (unpaired) electrons. The molecule has 2 heterocycles. The van der Waals surface area contributed by atoms with Gasteiger partial charge in [0.2, 0.25) is 0 Å². The maximum Gasteiger partial charge on any atom is 0.159 e. The maximum atomic E-state index is 7.06. The van der Waals surface area contributed by atoms with E-state index in [4.69, 9.17) is 9.41 Å². The summed E-state index contributed by atoms with van der Waals surface area (Å²) < 4.78 is 9.51. The first-order valence-corrected chi connectivity index (χ1v) is 22.1. The molecule has 11 rings (SSSR count). The van der Waals surface area contributed by atoms with E-state index in [1.165, 1.54) is 59.7 Å². The summed E-state index contributed by atoms with van der Waals surface area (Å²) in [5.74, 6) is 0.199. The summed E-state index contributed by atoms with van der Waals surface area (Å²) in [4.78, 5) is 5.80. The molecule has 0 aliphatic heterocycles. The normalized spacial score (nSPS) is 13.8. The number of rotatable bonds is 9. The number of aliphatic imine (C=N–C) groups is 1. The molecule has 9 aromatic carbocycles. The van der Waals surface area contributed by atoms with Gasteiger partial charge in [0, 0.05) is 33.0 Å². The summed E-state index contributed by atoms with van der Waals surface area (Å²) in [5, 5.41) is 12.0. The van der Waals surface area contributed by atoms with E-state index in [2.05, 4.69) is 214 Å². The molecule has 0 aliphatic carbocycles. The predicted octanol–water partition coefficient (Wildman–Crippen LogP) is 16.6. The first-order valence-electron chi connectivity index (χ1n) is 22.1. The van der Waals surface area contributed by atoms with Crippen LogP contribution >= 0.6 is 0 Å². The van der Waals surface area contributed by atoms with Crippen molar-refractivity contribution in [1.82, 2.24) is 4.57 Å². The van der Waals surface area contributed by atoms with E-state index in [9.17, 15) is 0 Å². The zero-order chi connectivity index (χ0) is 41.9. The van der Waals surface area contributed by atoms with Gasteiger partial charge < -0.3 is 8.98 Å². The van der Waals surface area contributed by atoms with Crippen LogP contribution in [0.3, 0.4) is 0 Å². The number of benzene rings is 9. The third-order valence-electron chi connectivity index (χ3n) is 13.4. The molecule has 0 fully saturated rings. The van der Waals surface area contributed by atoms with Crippen LogP contribution in [0.5, 0.6) is 0 Å². The van der Waals surface area contributed by atoms with Gasteiger partial charge in [-0.25, -0.2) is 0 Å². The van der Waals surface area contributed by atoms with E-state index in [0.717, 1.165) is 68.5 Å². The summed E-state index contributed by atoms with van der Waals surface area (Å²) in [7, 11) is 0. The Morgan fingerprint density at radius 2 is 1.15 bits per heavy atom. The van der Waals surface area contributed by atoms with Gasteiger partial charge in [0.15, 0.2) is 5.58 Å². The Balaban J connectivity index is 1.17. The van der Waals surface area contributed by atoms with Crippen LogP contribution in [0, 0.1) is 5.92 Å². The molecule has 0 amide bonds. The van der Waals surface area contributed by atoms with E-state index in [-0.39, 0.29) is 11.8 Å². The van der Waals surface area contributed by atoms with E-state index >= 15 is 0 Å². The van der Waals surface area contributed by atoms with E-state index in [0.29, 0.717) is 0 Å². The van der Waals surface area contributed by atoms with Crippen LogP contribution < -0.4 is 0 Å². The van der Waals surface area contributed by atoms with Crippen molar-refractivity contribution in [3.8, 4) is 5.69 Å². The molecule has 11 aromatic rings. The van der Waals surface area contributed by atoms with Crippen molar-refractivity contribution in [2.24, 2.45) is 10.9 Å². The number of aromatic nitrogens is 1. The highest BCUT2D eigenvalue weighted by Crippen LogP contribution is 2.43. The number of nitrogens with zero attached hydrogens (tertiary/aromatic N) is 2. The molecule has 2 atom stereocenters. The van der Waals surface area contributed by atoms with Gasteiger partial charge in [0.05, 0.1) is 28.1 Å². The first-order chi connectivity index (χ1) is 30.5. The van der Waals surface area contributed by atoms with Gasteiger partial charge in [0.25, 0.3) is 0 Å². The topological polar surface area (TPSA) is 30.4 Å². The molecule has 0 saturated heterocycles. The van der Waals surface area contributed by atoms with E-state index < -0.39 is 0 Å². The number of fused-ring (bicyclic) bond motifs is 9. The summed E-state index contributed by atoms with van der Waals surface area (Å²) in [5.41, 5.74) is 12.2. The average molecular weight is 801 g/mol. The van der Waals surface area contributed by atoms with Gasteiger partial charge in [-0.3, -0.25) is 4.99 Å². The van der Waals surface area contributed by atoms with Crippen molar-refractivity contribution < 1.29 is 4.42 Å². The molecule has 300 valence electrons. The number of allylic oxidation sites excluding steroid dienone is 1. The standard InChI is InChI=1S/C59H48N2O/c1-5-37(3)57(46-29-28-39-18-10-11-21-41(39)30-46)60-58(40-19-8-7-9-20-40)48(6-2)38(4)47-33-52-51-32-43-23-13-15-25-45(43)36-56(51)62-59(52)55(35-47)61-53-27-17-16-26-49(53)50-31-42-22-12-14-24-44(42)34-54(50)61/h7-36,38,48H,5-6H2,1-4H3/b57-37-,60-58?. The van der Waals surface area contributed by atoms with Crippen molar-refractivity contribution in [1.29, 1.82) is 0 Å². The average Bonchev–Trinajstić information content (AvgIpc) is 3.85. The third-order valence-corrected chi connectivity index (χ3v) is 13.4. The van der Waals surface area contributed by atoms with Crippen LogP contribution in [-0.2, 0) is 0 Å². The van der Waals surface area contributed by atoms with Gasteiger partial charge in [-0.1, -0.05) is 154 Å². The Labute approximate surface area is 362 Å². The first kappa shape index (κ1) is 37.7. The Bertz CT molecular complexity index is 3580. The third kappa shape index (κ3) is 6.31. The van der Waals surface area contributed by atoms with Crippen molar-refractivity contribution in [3.05, 3.63) is 204 Å². The van der Waals surface area contributed by atoms with Crippen LogP contribution in [0.1, 0.15) is 63.1 Å². The van der Waals surface area contributed by atoms with E-state index in [1.54, 1.807) is 0 Å². The van der Waals surface area contributed by atoms with Crippen molar-refractivity contribution in [3.63, 3.8) is 0 Å². The molecule has 62 heavy (non-hydrogen) atoms. The van der Waals surface area contributed by atoms with Crippen molar-refractivity contribution in [2.45, 2.75) is 46.5 Å². The number of hydrogen-bond acceptors (Lipinski definition) is 2. The van der Waals surface area contributed by atoms with Gasteiger partial charge in [-0.2, -0.15) is 0 Å². The Hall–Kier alpha value is -7.23. The molecule has 0 aliphatic rings. The molecule has 3 nitrogen and oxygen atoms in total. The maximum absolute atomic E-state index is 7.06. The number of para-hydroxylation sites is 1. The lowest BCUT2D eigenvalue weighted by atomic mass is 9.79. The second-order valence-electron chi connectivity index (χ2n) is 17.0. The molecule has 0 spiro atoms. The fourth-order valence-electron chi connectivity index (χ4n) is 9.93. The van der Waals surface area contributed by atoms with E-state index in [1.807, 2.05) is 0 Å². The van der Waals surface area contributed by atoms with Gasteiger partial charge >= 0.3 is 0 Å². The molecule has 0 saturated carbocycles. The highest BCUT2D eigenvalue weighted by molar-refractivity contribution is 6.17. The second kappa shape index (κ2) is 15.3. The smallest absolute Gasteiger partial charge is 0.159 e. The monoisotopic (exact) mass is 800 g/mol. The molecular formula is C59H48N2O. The minimum atomic E-state index is 0.0984. The highest BCUT2D eigenvalue weighted by Gasteiger charge is 2.28. The lowest BCUT2D eigenvalue weighted by molar-refractivity contribution is 0.557. The Morgan fingerprint density at radius 1 is 0.532 bits per heavy atom. The van der Waals surface area contributed by atoms with Crippen LogP contribution in [0.4, 0.5) is 0 Å². The van der Waals surface area contributed by atoms with Crippen LogP contribution in [0.15, 0.2) is 197 Å². The molecule has 2 aromatic heterocycles. The van der Waals surface area contributed by atoms with Crippen molar-refractivity contribution in [2.75, 3.05) is 0 Å². The summed E-state index contributed by atoms with van der Waals surface area (Å²) in [6.45, 7) is 9.20. The lowest BCUT2D eigenvalue weighted by Gasteiger charge is -2.27. The van der Waals surface area contributed by atoms with Crippen molar-refractivity contribution >= 4 is 87.5 Å². The SMILES string of the molecule is CC/C(C)=C(\N=C(c1ccccc1)C(CC)C(C)c1cc(-n2c3ccccc3c3cc4ccccc4cc32)c2oc3cc4ccccc4cc3c2c1)c1ccc2ccccc2c1. The summed E-state index contributed by atoms with van der Waals surface area (Å²) >= 11 is 0. The lowest BCUT2D eigenvalue weighted by Crippen LogP contribution is -2.22. The van der Waals surface area contributed by atoms with Gasteiger partial charge in [-0.15, -0.1) is 0 Å². The number of hydrogen-bond donors (Lipinski definition) is 0. The highest BCUT2D eigenvalue weighted by atomic mass is 16.3. The predicted molar refractivity (Wildman–Crippen MR) is 265 cm³/mol. The summed E-state index contributed by atoms with van der Waals surface area (Å²) in [6, 6.07) is 66.4. The largest absolute Gasteiger partial charge is 0.454 e. The van der Waals surface area contributed by atoms with Crippen LogP contribution in [0.2, 0.25) is 0 Å². The second-order valence-corrected chi connectivity index (χ2v) is 17.0. The Kier molecular flexibility index (Phi) is 9.34. The molecule has 0 bridgehead atoms. The van der Waals surface area contributed by atoms with Gasteiger partial charge in [0.1, 0.15) is 5.58 Å².